The second-order valence-electron chi connectivity index (χ2n) is 7.45. The summed E-state index contributed by atoms with van der Waals surface area (Å²) in [6, 6.07) is 3.62. The van der Waals surface area contributed by atoms with Gasteiger partial charge in [0.15, 0.2) is 0 Å². The molecule has 0 spiro atoms. The summed E-state index contributed by atoms with van der Waals surface area (Å²) in [5.74, 6) is -4.06. The molecule has 0 aromatic heterocycles. The van der Waals surface area contributed by atoms with Gasteiger partial charge in [0.05, 0.1) is 5.56 Å². The van der Waals surface area contributed by atoms with E-state index in [4.69, 9.17) is 0 Å². The summed E-state index contributed by atoms with van der Waals surface area (Å²) in [6.45, 7) is 2.37. The zero-order valence-electron chi connectivity index (χ0n) is 15.2. The molecule has 8 heteroatoms. The van der Waals surface area contributed by atoms with Crippen LogP contribution in [0.15, 0.2) is 18.2 Å². The number of carbonyl (C=O) groups is 1. The van der Waals surface area contributed by atoms with Gasteiger partial charge in [-0.3, -0.25) is 9.69 Å². The number of alkyl halides is 3. The summed E-state index contributed by atoms with van der Waals surface area (Å²) in [7, 11) is 0. The number of amides is 1. The van der Waals surface area contributed by atoms with Crippen LogP contribution < -0.4 is 10.6 Å². The topological polar surface area (TPSA) is 44.4 Å². The minimum atomic E-state index is -2.67. The van der Waals surface area contributed by atoms with Crippen LogP contribution in [-0.4, -0.2) is 55.0 Å². The molecule has 150 valence electrons. The molecule has 1 saturated carbocycles. The lowest BCUT2D eigenvalue weighted by Crippen LogP contribution is -2.62. The second kappa shape index (κ2) is 8.14. The normalized spacial score (nSPS) is 22.4. The standard InChI is InChI=1S/C19H25F4N3O/c20-12-14-1-2-15(16(21)11-14)17(27)25-13-18(26-9-7-24-8-10-26)3-5-19(22,23)6-4-18/h1-2,11,24H,3-10,12-13H2,(H,25,27). The molecule has 4 nitrogen and oxygen atoms in total. The number of piperazine rings is 1. The number of hydrogen-bond acceptors (Lipinski definition) is 3. The minimum Gasteiger partial charge on any atom is -0.350 e. The van der Waals surface area contributed by atoms with Gasteiger partial charge < -0.3 is 10.6 Å². The second-order valence-corrected chi connectivity index (χ2v) is 7.45. The minimum absolute atomic E-state index is 0.163. The molecule has 0 atom stereocenters. The molecule has 2 aliphatic rings. The monoisotopic (exact) mass is 387 g/mol. The van der Waals surface area contributed by atoms with Crippen LogP contribution >= 0.6 is 0 Å². The highest BCUT2D eigenvalue weighted by Crippen LogP contribution is 2.41. The number of nitrogens with one attached hydrogen (secondary N) is 2. The van der Waals surface area contributed by atoms with E-state index in [1.54, 1.807) is 0 Å². The van der Waals surface area contributed by atoms with Gasteiger partial charge in [-0.15, -0.1) is 0 Å². The van der Waals surface area contributed by atoms with Crippen LogP contribution in [-0.2, 0) is 6.67 Å². The Morgan fingerprint density at radius 1 is 1.15 bits per heavy atom. The first-order valence-electron chi connectivity index (χ1n) is 9.31. The molecular weight excluding hydrogens is 362 g/mol. The van der Waals surface area contributed by atoms with Crippen LogP contribution in [0, 0.1) is 5.82 Å². The lowest BCUT2D eigenvalue weighted by Gasteiger charge is -2.49. The van der Waals surface area contributed by atoms with Crippen molar-refractivity contribution < 1.29 is 22.4 Å². The van der Waals surface area contributed by atoms with E-state index in [0.29, 0.717) is 0 Å². The van der Waals surface area contributed by atoms with Gasteiger partial charge in [-0.2, -0.15) is 0 Å². The zero-order chi connectivity index (χ0) is 19.5. The highest BCUT2D eigenvalue weighted by atomic mass is 19.3. The predicted octanol–water partition coefficient (Wildman–Crippen LogP) is 2.88. The van der Waals surface area contributed by atoms with E-state index < -0.39 is 29.9 Å². The van der Waals surface area contributed by atoms with Crippen molar-refractivity contribution in [1.29, 1.82) is 0 Å². The van der Waals surface area contributed by atoms with E-state index in [1.165, 1.54) is 12.1 Å². The van der Waals surface area contributed by atoms with E-state index in [1.807, 2.05) is 0 Å². The van der Waals surface area contributed by atoms with Gasteiger partial charge in [0.2, 0.25) is 5.92 Å². The van der Waals surface area contributed by atoms with E-state index in [2.05, 4.69) is 15.5 Å². The Balaban J connectivity index is 1.72. The van der Waals surface area contributed by atoms with Crippen LogP contribution in [0.1, 0.15) is 41.6 Å². The van der Waals surface area contributed by atoms with Gasteiger partial charge in [0, 0.05) is 51.1 Å². The largest absolute Gasteiger partial charge is 0.350 e. The molecular formula is C19H25F4N3O. The summed E-state index contributed by atoms with van der Waals surface area (Å²) < 4.78 is 54.1. The Labute approximate surface area is 156 Å². The van der Waals surface area contributed by atoms with Gasteiger partial charge in [-0.1, -0.05) is 6.07 Å². The quantitative estimate of drug-likeness (QED) is 0.764. The molecule has 0 unspecified atom stereocenters. The van der Waals surface area contributed by atoms with E-state index in [9.17, 15) is 22.4 Å². The van der Waals surface area contributed by atoms with E-state index in [-0.39, 0.29) is 43.4 Å². The molecule has 3 rings (SSSR count). The first-order valence-corrected chi connectivity index (χ1v) is 9.31. The summed E-state index contributed by atoms with van der Waals surface area (Å²) in [5.41, 5.74) is -0.547. The van der Waals surface area contributed by atoms with Gasteiger partial charge >= 0.3 is 0 Å². The maximum Gasteiger partial charge on any atom is 0.254 e. The molecule has 2 N–H and O–H groups in total. The molecule has 1 heterocycles. The van der Waals surface area contributed by atoms with Gasteiger partial charge in [0.25, 0.3) is 5.91 Å². The average Bonchev–Trinajstić information content (AvgIpc) is 2.68. The van der Waals surface area contributed by atoms with Crippen molar-refractivity contribution in [3.8, 4) is 0 Å². The van der Waals surface area contributed by atoms with E-state index in [0.717, 1.165) is 32.2 Å². The molecule has 27 heavy (non-hydrogen) atoms. The Morgan fingerprint density at radius 2 is 1.81 bits per heavy atom. The molecule has 1 aliphatic carbocycles. The molecule has 1 saturated heterocycles. The fourth-order valence-electron chi connectivity index (χ4n) is 3.99. The Morgan fingerprint density at radius 3 is 2.41 bits per heavy atom. The SMILES string of the molecule is O=C(NCC1(N2CCNCC2)CCC(F)(F)CC1)c1ccc(CF)cc1F. The van der Waals surface area contributed by atoms with Gasteiger partial charge in [-0.25, -0.2) is 17.6 Å². The van der Waals surface area contributed by atoms with Crippen molar-refractivity contribution in [2.75, 3.05) is 32.7 Å². The van der Waals surface area contributed by atoms with Crippen LogP contribution in [0.25, 0.3) is 0 Å². The number of hydrogen-bond donors (Lipinski definition) is 2. The Bertz CT molecular complexity index is 667. The summed E-state index contributed by atoms with van der Waals surface area (Å²) >= 11 is 0. The predicted molar refractivity (Wildman–Crippen MR) is 94.1 cm³/mol. The van der Waals surface area contributed by atoms with Crippen molar-refractivity contribution in [2.24, 2.45) is 0 Å². The van der Waals surface area contributed by atoms with Crippen LogP contribution in [0.5, 0.6) is 0 Å². The van der Waals surface area contributed by atoms with Crippen molar-refractivity contribution in [2.45, 2.75) is 43.8 Å². The highest BCUT2D eigenvalue weighted by Gasteiger charge is 2.46. The fraction of sp³-hybridized carbons (Fsp3) is 0.632. The number of halogens is 4. The summed E-state index contributed by atoms with van der Waals surface area (Å²) in [4.78, 5) is 14.6. The number of benzene rings is 1. The average molecular weight is 387 g/mol. The van der Waals surface area contributed by atoms with Gasteiger partial charge in [0.1, 0.15) is 12.5 Å². The third-order valence-corrected chi connectivity index (χ3v) is 5.71. The number of rotatable bonds is 5. The fourth-order valence-corrected chi connectivity index (χ4v) is 3.99. The molecule has 0 radical (unpaired) electrons. The first-order chi connectivity index (χ1) is 12.9. The highest BCUT2D eigenvalue weighted by molar-refractivity contribution is 5.94. The van der Waals surface area contributed by atoms with Crippen molar-refractivity contribution in [1.82, 2.24) is 15.5 Å². The molecule has 2 fully saturated rings. The van der Waals surface area contributed by atoms with Crippen molar-refractivity contribution in [3.63, 3.8) is 0 Å². The summed E-state index contributed by atoms with van der Waals surface area (Å²) in [5, 5.41) is 5.97. The van der Waals surface area contributed by atoms with Crippen LogP contribution in [0.3, 0.4) is 0 Å². The van der Waals surface area contributed by atoms with Crippen molar-refractivity contribution in [3.05, 3.63) is 35.1 Å². The zero-order valence-corrected chi connectivity index (χ0v) is 15.2. The Hall–Kier alpha value is -1.67. The third-order valence-electron chi connectivity index (χ3n) is 5.71. The van der Waals surface area contributed by atoms with Crippen LogP contribution in [0.4, 0.5) is 17.6 Å². The molecule has 0 bridgehead atoms. The molecule has 1 amide bonds. The molecule has 1 aromatic rings. The van der Waals surface area contributed by atoms with Crippen LogP contribution in [0.2, 0.25) is 0 Å². The molecule has 1 aromatic carbocycles. The maximum absolute atomic E-state index is 14.1. The first kappa shape index (κ1) is 20.1. The third kappa shape index (κ3) is 4.60. The smallest absolute Gasteiger partial charge is 0.254 e. The lowest BCUT2D eigenvalue weighted by atomic mass is 9.78. The lowest BCUT2D eigenvalue weighted by molar-refractivity contribution is -0.0831. The van der Waals surface area contributed by atoms with Gasteiger partial charge in [-0.05, 0) is 30.5 Å². The summed E-state index contributed by atoms with van der Waals surface area (Å²) in [6.07, 6.45) is 0.131. The van der Waals surface area contributed by atoms with E-state index >= 15 is 0 Å². The van der Waals surface area contributed by atoms with Crippen molar-refractivity contribution >= 4 is 5.91 Å². The molecule has 1 aliphatic heterocycles. The number of nitrogens with zero attached hydrogens (tertiary/aromatic N) is 1. The maximum atomic E-state index is 14.1. The number of carbonyl (C=O) groups excluding carboxylic acids is 1. The Kier molecular flexibility index (Phi) is 6.05.